The standard InChI is InChI=1S/C19H23ClN2O3S/c1-3-25-16(23)11-22-17-12(2)14(20)9-10-15(17)26-19(22)21-18(24)13-7-5-4-6-8-13/h9-10,13H,3-8,11H2,1-2H3. The minimum atomic E-state index is -0.349. The van der Waals surface area contributed by atoms with Crippen LogP contribution in [0.2, 0.25) is 5.02 Å². The Kier molecular flexibility index (Phi) is 6.14. The Morgan fingerprint density at radius 2 is 2.04 bits per heavy atom. The molecule has 1 heterocycles. The zero-order valence-electron chi connectivity index (χ0n) is 15.1. The van der Waals surface area contributed by atoms with Gasteiger partial charge in [-0.05, 0) is 44.4 Å². The molecule has 1 aliphatic carbocycles. The third-order valence-electron chi connectivity index (χ3n) is 4.78. The van der Waals surface area contributed by atoms with Gasteiger partial charge in [0.25, 0.3) is 5.91 Å². The molecule has 1 amide bonds. The maximum atomic E-state index is 12.6. The first kappa shape index (κ1) is 19.1. The quantitative estimate of drug-likeness (QED) is 0.729. The van der Waals surface area contributed by atoms with Crippen LogP contribution in [0, 0.1) is 12.8 Å². The maximum absolute atomic E-state index is 12.6. The summed E-state index contributed by atoms with van der Waals surface area (Å²) in [6, 6.07) is 3.73. The molecule has 3 rings (SSSR count). The SMILES string of the molecule is CCOC(=O)Cn1c(=NC(=O)C2CCCCC2)sc2ccc(Cl)c(C)c21. The van der Waals surface area contributed by atoms with Crippen molar-refractivity contribution in [1.82, 2.24) is 4.57 Å². The van der Waals surface area contributed by atoms with E-state index in [1.54, 1.807) is 11.5 Å². The Labute approximate surface area is 161 Å². The van der Waals surface area contributed by atoms with E-state index in [2.05, 4.69) is 4.99 Å². The molecule has 7 heteroatoms. The average Bonchev–Trinajstić information content (AvgIpc) is 2.97. The summed E-state index contributed by atoms with van der Waals surface area (Å²) in [7, 11) is 0. The van der Waals surface area contributed by atoms with Crippen LogP contribution in [0.1, 0.15) is 44.6 Å². The number of rotatable bonds is 4. The predicted molar refractivity (Wildman–Crippen MR) is 103 cm³/mol. The van der Waals surface area contributed by atoms with Crippen LogP contribution < -0.4 is 4.80 Å². The smallest absolute Gasteiger partial charge is 0.326 e. The number of aryl methyl sites for hydroxylation is 1. The van der Waals surface area contributed by atoms with E-state index in [0.717, 1.165) is 41.5 Å². The number of thiazole rings is 1. The van der Waals surface area contributed by atoms with Gasteiger partial charge in [0, 0.05) is 10.9 Å². The number of ether oxygens (including phenoxy) is 1. The number of hydrogen-bond donors (Lipinski definition) is 0. The second-order valence-corrected chi connectivity index (χ2v) is 8.00. The normalized spacial score (nSPS) is 16.2. The molecule has 2 aromatic rings. The van der Waals surface area contributed by atoms with E-state index < -0.39 is 0 Å². The van der Waals surface area contributed by atoms with Gasteiger partial charge in [0.15, 0.2) is 4.80 Å². The van der Waals surface area contributed by atoms with Crippen LogP contribution in [0.25, 0.3) is 10.2 Å². The Morgan fingerprint density at radius 3 is 2.73 bits per heavy atom. The molecule has 0 spiro atoms. The second-order valence-electron chi connectivity index (χ2n) is 6.58. The van der Waals surface area contributed by atoms with Crippen molar-refractivity contribution in [3.05, 3.63) is 27.5 Å². The van der Waals surface area contributed by atoms with Gasteiger partial charge in [-0.15, -0.1) is 0 Å². The number of carbonyl (C=O) groups excluding carboxylic acids is 2. The highest BCUT2D eigenvalue weighted by molar-refractivity contribution is 7.16. The number of halogens is 1. The summed E-state index contributed by atoms with van der Waals surface area (Å²) < 4.78 is 7.81. The van der Waals surface area contributed by atoms with Gasteiger partial charge in [-0.1, -0.05) is 42.2 Å². The van der Waals surface area contributed by atoms with E-state index in [-0.39, 0.29) is 24.3 Å². The number of nitrogens with zero attached hydrogens (tertiary/aromatic N) is 2. The van der Waals surface area contributed by atoms with Gasteiger partial charge in [0.05, 0.1) is 16.8 Å². The molecule has 0 atom stereocenters. The van der Waals surface area contributed by atoms with Gasteiger partial charge < -0.3 is 9.30 Å². The van der Waals surface area contributed by atoms with E-state index in [4.69, 9.17) is 16.3 Å². The fourth-order valence-electron chi connectivity index (χ4n) is 3.42. The molecule has 0 radical (unpaired) electrons. The number of aromatic nitrogens is 1. The van der Waals surface area contributed by atoms with Crippen molar-refractivity contribution >= 4 is 45.0 Å². The van der Waals surface area contributed by atoms with E-state index in [1.165, 1.54) is 17.8 Å². The highest BCUT2D eigenvalue weighted by Gasteiger charge is 2.22. The Balaban J connectivity index is 2.08. The Morgan fingerprint density at radius 1 is 1.31 bits per heavy atom. The van der Waals surface area contributed by atoms with Gasteiger partial charge >= 0.3 is 5.97 Å². The lowest BCUT2D eigenvalue weighted by molar-refractivity contribution is -0.143. The van der Waals surface area contributed by atoms with Crippen LogP contribution >= 0.6 is 22.9 Å². The lowest BCUT2D eigenvalue weighted by Crippen LogP contribution is -2.25. The molecular formula is C19H23ClN2O3S. The van der Waals surface area contributed by atoms with Crippen molar-refractivity contribution < 1.29 is 14.3 Å². The third kappa shape index (κ3) is 4.01. The van der Waals surface area contributed by atoms with E-state index in [1.807, 2.05) is 19.1 Å². The van der Waals surface area contributed by atoms with Crippen LogP contribution in [-0.2, 0) is 20.9 Å². The average molecular weight is 395 g/mol. The number of carbonyl (C=O) groups is 2. The van der Waals surface area contributed by atoms with E-state index in [0.29, 0.717) is 16.4 Å². The van der Waals surface area contributed by atoms with E-state index in [9.17, 15) is 9.59 Å². The monoisotopic (exact) mass is 394 g/mol. The van der Waals surface area contributed by atoms with Crippen molar-refractivity contribution in [1.29, 1.82) is 0 Å². The predicted octanol–water partition coefficient (Wildman–Crippen LogP) is 4.24. The number of hydrogen-bond acceptors (Lipinski definition) is 4. The van der Waals surface area contributed by atoms with Crippen molar-refractivity contribution in [2.45, 2.75) is 52.5 Å². The summed E-state index contributed by atoms with van der Waals surface area (Å²) in [6.45, 7) is 4.01. The minimum Gasteiger partial charge on any atom is -0.465 e. The molecule has 5 nitrogen and oxygen atoms in total. The highest BCUT2D eigenvalue weighted by Crippen LogP contribution is 2.28. The second kappa shape index (κ2) is 8.35. The topological polar surface area (TPSA) is 60.7 Å². The molecule has 0 N–H and O–H groups in total. The fraction of sp³-hybridized carbons (Fsp3) is 0.526. The molecule has 0 bridgehead atoms. The highest BCUT2D eigenvalue weighted by atomic mass is 35.5. The summed E-state index contributed by atoms with van der Waals surface area (Å²) in [5.41, 5.74) is 1.71. The lowest BCUT2D eigenvalue weighted by atomic mass is 9.89. The molecule has 1 fully saturated rings. The number of esters is 1. The van der Waals surface area contributed by atoms with Gasteiger partial charge in [-0.3, -0.25) is 9.59 Å². The molecule has 1 aromatic heterocycles. The molecule has 1 saturated carbocycles. The fourth-order valence-corrected chi connectivity index (χ4v) is 4.67. The van der Waals surface area contributed by atoms with Crippen molar-refractivity contribution in [3.63, 3.8) is 0 Å². The molecule has 0 unspecified atom stereocenters. The minimum absolute atomic E-state index is 0.00492. The van der Waals surface area contributed by atoms with Crippen molar-refractivity contribution in [3.8, 4) is 0 Å². The summed E-state index contributed by atoms with van der Waals surface area (Å²) in [6.07, 6.45) is 5.14. The first-order chi connectivity index (χ1) is 12.5. The summed E-state index contributed by atoms with van der Waals surface area (Å²) >= 11 is 7.68. The van der Waals surface area contributed by atoms with Crippen LogP contribution in [0.3, 0.4) is 0 Å². The molecular weight excluding hydrogens is 372 g/mol. The van der Waals surface area contributed by atoms with Crippen LogP contribution in [0.15, 0.2) is 17.1 Å². The largest absolute Gasteiger partial charge is 0.465 e. The Hall–Kier alpha value is -1.66. The molecule has 140 valence electrons. The first-order valence-corrected chi connectivity index (χ1v) is 10.2. The summed E-state index contributed by atoms with van der Waals surface area (Å²) in [5, 5.41) is 0.623. The van der Waals surface area contributed by atoms with Crippen LogP contribution in [-0.4, -0.2) is 23.1 Å². The third-order valence-corrected chi connectivity index (χ3v) is 6.24. The molecule has 0 saturated heterocycles. The molecule has 0 aliphatic heterocycles. The molecule has 26 heavy (non-hydrogen) atoms. The van der Waals surface area contributed by atoms with Gasteiger partial charge in [-0.2, -0.15) is 4.99 Å². The summed E-state index contributed by atoms with van der Waals surface area (Å²) in [4.78, 5) is 29.7. The summed E-state index contributed by atoms with van der Waals surface area (Å²) in [5.74, 6) is -0.439. The number of amides is 1. The van der Waals surface area contributed by atoms with Gasteiger partial charge in [0.1, 0.15) is 6.54 Å². The Bertz CT molecular complexity index is 894. The van der Waals surface area contributed by atoms with Gasteiger partial charge in [0.2, 0.25) is 0 Å². The number of benzene rings is 1. The van der Waals surface area contributed by atoms with E-state index >= 15 is 0 Å². The first-order valence-electron chi connectivity index (χ1n) is 9.04. The zero-order chi connectivity index (χ0) is 18.7. The van der Waals surface area contributed by atoms with Crippen LogP contribution in [0.4, 0.5) is 0 Å². The molecule has 1 aromatic carbocycles. The molecule has 1 aliphatic rings. The van der Waals surface area contributed by atoms with Crippen molar-refractivity contribution in [2.75, 3.05) is 6.61 Å². The zero-order valence-corrected chi connectivity index (χ0v) is 16.7. The van der Waals surface area contributed by atoms with Gasteiger partial charge in [-0.25, -0.2) is 0 Å². The van der Waals surface area contributed by atoms with Crippen molar-refractivity contribution in [2.24, 2.45) is 10.9 Å². The number of fused-ring (bicyclic) bond motifs is 1. The lowest BCUT2D eigenvalue weighted by Gasteiger charge is -2.17. The van der Waals surface area contributed by atoms with Crippen LogP contribution in [0.5, 0.6) is 0 Å². The maximum Gasteiger partial charge on any atom is 0.326 e.